The molecule has 2 heterocycles. The van der Waals surface area contributed by atoms with Gasteiger partial charge in [-0.3, -0.25) is 4.79 Å². The van der Waals surface area contributed by atoms with Gasteiger partial charge in [0.05, 0.1) is 17.4 Å². The van der Waals surface area contributed by atoms with Crippen molar-refractivity contribution in [1.82, 2.24) is 19.7 Å². The molecule has 3 N–H and O–H groups in total. The van der Waals surface area contributed by atoms with Crippen LogP contribution in [0.25, 0.3) is 11.0 Å². The summed E-state index contributed by atoms with van der Waals surface area (Å²) in [6.45, 7) is 1.61. The van der Waals surface area contributed by atoms with Gasteiger partial charge in [0, 0.05) is 13.1 Å². The molecular weight excluding hydrogens is 280 g/mol. The van der Waals surface area contributed by atoms with Gasteiger partial charge in [-0.25, -0.2) is 4.98 Å². The zero-order valence-corrected chi connectivity index (χ0v) is 11.9. The first-order chi connectivity index (χ1) is 10.7. The van der Waals surface area contributed by atoms with Gasteiger partial charge < -0.3 is 15.6 Å². The third-order valence-electron chi connectivity index (χ3n) is 3.33. The average molecular weight is 296 g/mol. The van der Waals surface area contributed by atoms with Gasteiger partial charge in [0.2, 0.25) is 0 Å². The summed E-state index contributed by atoms with van der Waals surface area (Å²) < 4.78 is 2.12. The van der Waals surface area contributed by atoms with Crippen molar-refractivity contribution in [3.63, 3.8) is 0 Å². The maximum atomic E-state index is 10.9. The van der Waals surface area contributed by atoms with E-state index in [0.717, 1.165) is 30.5 Å². The first kappa shape index (κ1) is 14.0. The molecule has 112 valence electrons. The predicted octanol–water partition coefficient (Wildman–Crippen LogP) is 1.43. The van der Waals surface area contributed by atoms with Crippen molar-refractivity contribution >= 4 is 22.8 Å². The Balaban J connectivity index is 1.52. The van der Waals surface area contributed by atoms with Gasteiger partial charge >= 0.3 is 0 Å². The number of aryl methyl sites for hydroxylation is 1. The van der Waals surface area contributed by atoms with Gasteiger partial charge in [-0.15, -0.1) is 10.2 Å². The first-order valence-electron chi connectivity index (χ1n) is 7.01. The minimum absolute atomic E-state index is 0.162. The number of hydrogen-bond donors (Lipinski definition) is 2. The highest BCUT2D eigenvalue weighted by atomic mass is 16.1. The van der Waals surface area contributed by atoms with Gasteiger partial charge in [0.1, 0.15) is 5.82 Å². The van der Waals surface area contributed by atoms with E-state index in [0.29, 0.717) is 5.82 Å². The lowest BCUT2D eigenvalue weighted by atomic mass is 10.3. The van der Waals surface area contributed by atoms with E-state index in [4.69, 9.17) is 5.73 Å². The molecule has 0 atom stereocenters. The van der Waals surface area contributed by atoms with Crippen LogP contribution in [0.1, 0.15) is 16.9 Å². The van der Waals surface area contributed by atoms with Crippen LogP contribution in [0.3, 0.4) is 0 Å². The minimum atomic E-state index is -0.578. The van der Waals surface area contributed by atoms with Crippen molar-refractivity contribution in [2.45, 2.75) is 13.0 Å². The number of anilines is 1. The number of fused-ring (bicyclic) bond motifs is 1. The Hall–Kier alpha value is -2.96. The minimum Gasteiger partial charge on any atom is -0.369 e. The summed E-state index contributed by atoms with van der Waals surface area (Å²) in [5.74, 6) is 0.0477. The second-order valence-electron chi connectivity index (χ2n) is 4.88. The molecule has 0 spiro atoms. The molecule has 22 heavy (non-hydrogen) atoms. The lowest BCUT2D eigenvalue weighted by Gasteiger charge is -2.06. The first-order valence-corrected chi connectivity index (χ1v) is 7.01. The van der Waals surface area contributed by atoms with Crippen LogP contribution in [0.2, 0.25) is 0 Å². The zero-order valence-electron chi connectivity index (χ0n) is 11.9. The topological polar surface area (TPSA) is 98.7 Å². The summed E-state index contributed by atoms with van der Waals surface area (Å²) in [6, 6.07) is 11.3. The van der Waals surface area contributed by atoms with Crippen molar-refractivity contribution in [2.75, 3.05) is 11.9 Å². The summed E-state index contributed by atoms with van der Waals surface area (Å²) in [4.78, 5) is 15.3. The number of nitrogens with zero attached hydrogens (tertiary/aromatic N) is 4. The molecule has 0 radical (unpaired) electrons. The number of carbonyl (C=O) groups is 1. The molecule has 0 aliphatic carbocycles. The van der Waals surface area contributed by atoms with Crippen molar-refractivity contribution in [3.8, 4) is 0 Å². The molecule has 0 saturated carbocycles. The maximum Gasteiger partial charge on any atom is 0.269 e. The molecule has 1 amide bonds. The summed E-state index contributed by atoms with van der Waals surface area (Å²) in [6.07, 6.45) is 2.77. The molecule has 3 aromatic rings. The fraction of sp³-hybridized carbons (Fsp3) is 0.200. The Bertz CT molecular complexity index is 780. The predicted molar refractivity (Wildman–Crippen MR) is 83.4 cm³/mol. The van der Waals surface area contributed by atoms with Crippen LogP contribution in [0.5, 0.6) is 0 Å². The quantitative estimate of drug-likeness (QED) is 0.670. The third kappa shape index (κ3) is 3.03. The molecule has 1 aromatic carbocycles. The van der Waals surface area contributed by atoms with Crippen LogP contribution in [-0.4, -0.2) is 32.2 Å². The maximum absolute atomic E-state index is 10.9. The largest absolute Gasteiger partial charge is 0.369 e. The van der Waals surface area contributed by atoms with Gasteiger partial charge in [-0.2, -0.15) is 0 Å². The smallest absolute Gasteiger partial charge is 0.269 e. The normalized spacial score (nSPS) is 10.7. The van der Waals surface area contributed by atoms with E-state index in [-0.39, 0.29) is 5.69 Å². The number of hydrogen-bond acceptors (Lipinski definition) is 5. The summed E-state index contributed by atoms with van der Waals surface area (Å²) in [5.41, 5.74) is 7.41. The van der Waals surface area contributed by atoms with Crippen LogP contribution in [-0.2, 0) is 6.54 Å². The Morgan fingerprint density at radius 3 is 2.82 bits per heavy atom. The molecule has 7 nitrogen and oxygen atoms in total. The Morgan fingerprint density at radius 2 is 2.05 bits per heavy atom. The number of rotatable bonds is 6. The molecule has 2 aromatic heterocycles. The fourth-order valence-corrected chi connectivity index (χ4v) is 2.21. The number of aromatic nitrogens is 4. The Morgan fingerprint density at radius 1 is 1.18 bits per heavy atom. The molecule has 7 heteroatoms. The van der Waals surface area contributed by atoms with Gasteiger partial charge in [-0.1, -0.05) is 12.1 Å². The number of carbonyl (C=O) groups excluding carboxylic acids is 1. The SMILES string of the molecule is NC(=O)c1ccc(NCCCn2cnc3ccccc32)nn1. The van der Waals surface area contributed by atoms with Gasteiger partial charge in [0.15, 0.2) is 5.69 Å². The molecule has 0 bridgehead atoms. The highest BCUT2D eigenvalue weighted by molar-refractivity contribution is 5.90. The van der Waals surface area contributed by atoms with Crippen molar-refractivity contribution in [1.29, 1.82) is 0 Å². The third-order valence-corrected chi connectivity index (χ3v) is 3.33. The summed E-state index contributed by atoms with van der Waals surface area (Å²) in [5, 5.41) is 10.8. The number of imidazole rings is 1. The highest BCUT2D eigenvalue weighted by Crippen LogP contribution is 2.12. The second-order valence-corrected chi connectivity index (χ2v) is 4.88. The van der Waals surface area contributed by atoms with E-state index >= 15 is 0 Å². The van der Waals surface area contributed by atoms with E-state index in [9.17, 15) is 4.79 Å². The lowest BCUT2D eigenvalue weighted by molar-refractivity contribution is 0.0994. The van der Waals surface area contributed by atoms with E-state index in [1.165, 1.54) is 0 Å². The molecule has 0 aliphatic rings. The van der Waals surface area contributed by atoms with E-state index in [2.05, 4.69) is 31.1 Å². The van der Waals surface area contributed by atoms with E-state index in [1.807, 2.05) is 24.5 Å². The molecular formula is C15H16N6O. The van der Waals surface area contributed by atoms with Crippen molar-refractivity contribution in [3.05, 3.63) is 48.4 Å². The average Bonchev–Trinajstić information content (AvgIpc) is 2.95. The second kappa shape index (κ2) is 6.21. The summed E-state index contributed by atoms with van der Waals surface area (Å²) >= 11 is 0. The molecule has 0 fully saturated rings. The van der Waals surface area contributed by atoms with Crippen LogP contribution in [0.15, 0.2) is 42.7 Å². The Kier molecular flexibility index (Phi) is 3.95. The van der Waals surface area contributed by atoms with Crippen molar-refractivity contribution in [2.24, 2.45) is 5.73 Å². The number of benzene rings is 1. The number of nitrogens with two attached hydrogens (primary N) is 1. The number of primary amides is 1. The fourth-order valence-electron chi connectivity index (χ4n) is 2.21. The van der Waals surface area contributed by atoms with Crippen LogP contribution < -0.4 is 11.1 Å². The van der Waals surface area contributed by atoms with E-state index < -0.39 is 5.91 Å². The van der Waals surface area contributed by atoms with Crippen molar-refractivity contribution < 1.29 is 4.79 Å². The number of para-hydroxylation sites is 2. The van der Waals surface area contributed by atoms with Crippen LogP contribution in [0, 0.1) is 0 Å². The van der Waals surface area contributed by atoms with Gasteiger partial charge in [-0.05, 0) is 30.7 Å². The Labute approximate surface area is 127 Å². The number of nitrogens with one attached hydrogen (secondary N) is 1. The standard InChI is InChI=1S/C15H16N6O/c16-15(22)12-6-7-14(20-19-12)17-8-3-9-21-10-18-11-4-1-2-5-13(11)21/h1-2,4-7,10H,3,8-9H2,(H2,16,22)(H,17,20). The zero-order chi connectivity index (χ0) is 15.4. The van der Waals surface area contributed by atoms with E-state index in [1.54, 1.807) is 12.1 Å². The lowest BCUT2D eigenvalue weighted by Crippen LogP contribution is -2.14. The monoisotopic (exact) mass is 296 g/mol. The highest BCUT2D eigenvalue weighted by Gasteiger charge is 2.03. The van der Waals surface area contributed by atoms with Gasteiger partial charge in [0.25, 0.3) is 5.91 Å². The molecule has 0 saturated heterocycles. The van der Waals surface area contributed by atoms with Crippen LogP contribution >= 0.6 is 0 Å². The molecule has 0 aliphatic heterocycles. The number of amides is 1. The molecule has 3 rings (SSSR count). The molecule has 0 unspecified atom stereocenters. The summed E-state index contributed by atoms with van der Waals surface area (Å²) in [7, 11) is 0. The van der Waals surface area contributed by atoms with Crippen LogP contribution in [0.4, 0.5) is 5.82 Å².